The van der Waals surface area contributed by atoms with E-state index in [0.29, 0.717) is 17.0 Å². The molecule has 2 aliphatic rings. The van der Waals surface area contributed by atoms with Crippen molar-refractivity contribution in [1.82, 2.24) is 10.2 Å². The lowest BCUT2D eigenvalue weighted by Gasteiger charge is -2.31. The van der Waals surface area contributed by atoms with Gasteiger partial charge in [-0.1, -0.05) is 12.1 Å². The number of nitrogens with one attached hydrogen (secondary N) is 1. The second kappa shape index (κ2) is 8.07. The summed E-state index contributed by atoms with van der Waals surface area (Å²) in [5, 5.41) is 3.07. The van der Waals surface area contributed by atoms with E-state index in [1.54, 1.807) is 12.1 Å². The molecule has 4 rings (SSSR count). The fourth-order valence-corrected chi connectivity index (χ4v) is 4.54. The summed E-state index contributed by atoms with van der Waals surface area (Å²) >= 11 is 3.25. The van der Waals surface area contributed by atoms with Crippen molar-refractivity contribution >= 4 is 27.5 Å². The molecule has 27 heavy (non-hydrogen) atoms. The largest absolute Gasteiger partial charge is 0.444 e. The van der Waals surface area contributed by atoms with Crippen molar-refractivity contribution in [3.8, 4) is 0 Å². The average Bonchev–Trinajstić information content (AvgIpc) is 3.34. The van der Waals surface area contributed by atoms with Gasteiger partial charge in [0.2, 0.25) is 0 Å². The van der Waals surface area contributed by atoms with Crippen molar-refractivity contribution < 1.29 is 9.21 Å². The highest BCUT2D eigenvalue weighted by Gasteiger charge is 2.26. The third kappa shape index (κ3) is 4.06. The molecule has 2 aliphatic heterocycles. The fraction of sp³-hybridized carbons (Fsp3) is 0.476. The van der Waals surface area contributed by atoms with Gasteiger partial charge in [0, 0.05) is 25.8 Å². The first kappa shape index (κ1) is 18.6. The quantitative estimate of drug-likeness (QED) is 0.777. The summed E-state index contributed by atoms with van der Waals surface area (Å²) in [5.41, 5.74) is 4.06. The van der Waals surface area contributed by atoms with Gasteiger partial charge in [-0.2, -0.15) is 0 Å². The molecule has 1 aromatic carbocycles. The van der Waals surface area contributed by atoms with Gasteiger partial charge >= 0.3 is 0 Å². The predicted molar refractivity (Wildman–Crippen MR) is 110 cm³/mol. The molecule has 5 nitrogen and oxygen atoms in total. The summed E-state index contributed by atoms with van der Waals surface area (Å²) in [7, 11) is 2.16. The number of amides is 1. The van der Waals surface area contributed by atoms with Gasteiger partial charge in [-0.15, -0.1) is 0 Å². The molecule has 1 fully saturated rings. The number of furan rings is 1. The zero-order valence-electron chi connectivity index (χ0n) is 15.7. The molecule has 1 amide bonds. The Hall–Kier alpha value is -1.79. The number of halogens is 1. The zero-order valence-corrected chi connectivity index (χ0v) is 17.3. The number of hydrogen-bond acceptors (Lipinski definition) is 4. The van der Waals surface area contributed by atoms with Gasteiger partial charge in [0.25, 0.3) is 5.91 Å². The van der Waals surface area contributed by atoms with Crippen molar-refractivity contribution in [3.63, 3.8) is 0 Å². The first-order valence-corrected chi connectivity index (χ1v) is 10.5. The minimum absolute atomic E-state index is 0.164. The smallest absolute Gasteiger partial charge is 0.287 e. The SMILES string of the molecule is CN1CCCc2cc(C(CNC(=O)c3ccc(Br)o3)N3CCCC3)ccc21. The lowest BCUT2D eigenvalue weighted by Crippen LogP contribution is -2.37. The molecule has 1 N–H and O–H groups in total. The van der Waals surface area contributed by atoms with E-state index in [4.69, 9.17) is 4.42 Å². The minimum atomic E-state index is -0.164. The van der Waals surface area contributed by atoms with Gasteiger partial charge in [0.1, 0.15) is 0 Å². The van der Waals surface area contributed by atoms with Crippen LogP contribution in [-0.4, -0.2) is 44.0 Å². The maximum Gasteiger partial charge on any atom is 0.287 e. The molecule has 0 saturated carbocycles. The Morgan fingerprint density at radius 3 is 2.74 bits per heavy atom. The number of aryl methyl sites for hydroxylation is 1. The molecule has 3 heterocycles. The van der Waals surface area contributed by atoms with Crippen molar-refractivity contribution in [2.24, 2.45) is 0 Å². The van der Waals surface area contributed by atoms with Crippen LogP contribution in [0.25, 0.3) is 0 Å². The van der Waals surface area contributed by atoms with Gasteiger partial charge in [0.05, 0.1) is 6.04 Å². The van der Waals surface area contributed by atoms with Crippen LogP contribution in [0.15, 0.2) is 39.4 Å². The Bertz CT molecular complexity index is 814. The summed E-state index contributed by atoms with van der Waals surface area (Å²) < 4.78 is 5.95. The number of carbonyl (C=O) groups is 1. The first-order valence-electron chi connectivity index (χ1n) is 9.73. The standard InChI is InChI=1S/C21H26BrN3O2/c1-24-10-4-5-15-13-16(6-7-17(15)24)18(25-11-2-3-12-25)14-23-21(26)19-8-9-20(22)27-19/h6-9,13,18H,2-5,10-12,14H2,1H3,(H,23,26). The average molecular weight is 432 g/mol. The van der Waals surface area contributed by atoms with Crippen LogP contribution in [0, 0.1) is 0 Å². The monoisotopic (exact) mass is 431 g/mol. The first-order chi connectivity index (χ1) is 13.1. The summed E-state index contributed by atoms with van der Waals surface area (Å²) in [6.45, 7) is 3.89. The summed E-state index contributed by atoms with van der Waals surface area (Å²) in [5.74, 6) is 0.178. The van der Waals surface area contributed by atoms with E-state index < -0.39 is 0 Å². The maximum absolute atomic E-state index is 12.4. The minimum Gasteiger partial charge on any atom is -0.444 e. The third-order valence-corrected chi connectivity index (χ3v) is 6.10. The topological polar surface area (TPSA) is 48.7 Å². The summed E-state index contributed by atoms with van der Waals surface area (Å²) in [6, 6.07) is 10.5. The Labute approximate surface area is 168 Å². The Balaban J connectivity index is 1.53. The second-order valence-electron chi connectivity index (χ2n) is 7.49. The summed E-state index contributed by atoms with van der Waals surface area (Å²) in [4.78, 5) is 17.3. The van der Waals surface area contributed by atoms with Crippen LogP contribution >= 0.6 is 15.9 Å². The molecule has 0 radical (unpaired) electrons. The van der Waals surface area contributed by atoms with E-state index in [-0.39, 0.29) is 11.9 Å². The van der Waals surface area contributed by atoms with Gasteiger partial charge in [-0.3, -0.25) is 9.69 Å². The maximum atomic E-state index is 12.4. The number of benzene rings is 1. The van der Waals surface area contributed by atoms with E-state index in [1.807, 2.05) is 0 Å². The highest BCUT2D eigenvalue weighted by atomic mass is 79.9. The highest BCUT2D eigenvalue weighted by Crippen LogP contribution is 2.32. The van der Waals surface area contributed by atoms with Crippen molar-refractivity contribution in [3.05, 3.63) is 51.9 Å². The van der Waals surface area contributed by atoms with Crippen LogP contribution in [0.3, 0.4) is 0 Å². The van der Waals surface area contributed by atoms with Crippen LogP contribution in [-0.2, 0) is 6.42 Å². The number of likely N-dealkylation sites (tertiary alicyclic amines) is 1. The van der Waals surface area contributed by atoms with Gasteiger partial charge < -0.3 is 14.6 Å². The van der Waals surface area contributed by atoms with Crippen molar-refractivity contribution in [2.45, 2.75) is 31.7 Å². The highest BCUT2D eigenvalue weighted by molar-refractivity contribution is 9.10. The van der Waals surface area contributed by atoms with E-state index in [9.17, 15) is 4.79 Å². The van der Waals surface area contributed by atoms with Crippen LogP contribution in [0.1, 0.15) is 47.0 Å². The normalized spacial score (nSPS) is 18.4. The fourth-order valence-electron chi connectivity index (χ4n) is 4.24. The van der Waals surface area contributed by atoms with Crippen LogP contribution in [0.2, 0.25) is 0 Å². The van der Waals surface area contributed by atoms with E-state index in [0.717, 1.165) is 26.1 Å². The Kier molecular flexibility index (Phi) is 5.55. The molecule has 1 saturated heterocycles. The molecule has 0 spiro atoms. The van der Waals surface area contributed by atoms with E-state index >= 15 is 0 Å². The van der Waals surface area contributed by atoms with Crippen molar-refractivity contribution in [2.75, 3.05) is 38.1 Å². The Morgan fingerprint density at radius 1 is 1.19 bits per heavy atom. The van der Waals surface area contributed by atoms with Crippen molar-refractivity contribution in [1.29, 1.82) is 0 Å². The molecular formula is C21H26BrN3O2. The van der Waals surface area contributed by atoms with Gasteiger partial charge in [-0.05, 0) is 84.0 Å². The van der Waals surface area contributed by atoms with E-state index in [1.165, 1.54) is 36.1 Å². The number of fused-ring (bicyclic) bond motifs is 1. The molecule has 1 aromatic heterocycles. The molecule has 1 atom stereocenters. The van der Waals surface area contributed by atoms with E-state index in [2.05, 4.69) is 56.3 Å². The summed E-state index contributed by atoms with van der Waals surface area (Å²) in [6.07, 6.45) is 4.78. The molecular weight excluding hydrogens is 406 g/mol. The second-order valence-corrected chi connectivity index (χ2v) is 8.27. The lowest BCUT2D eigenvalue weighted by molar-refractivity contribution is 0.0909. The van der Waals surface area contributed by atoms with Crippen LogP contribution in [0.5, 0.6) is 0 Å². The number of carbonyl (C=O) groups excluding carboxylic acids is 1. The molecule has 144 valence electrons. The number of hydrogen-bond donors (Lipinski definition) is 1. The van der Waals surface area contributed by atoms with Crippen LogP contribution in [0.4, 0.5) is 5.69 Å². The van der Waals surface area contributed by atoms with Crippen LogP contribution < -0.4 is 10.2 Å². The number of nitrogens with zero attached hydrogens (tertiary/aromatic N) is 2. The predicted octanol–water partition coefficient (Wildman–Crippen LogP) is 3.99. The molecule has 2 aromatic rings. The number of anilines is 1. The Morgan fingerprint density at radius 2 is 2.00 bits per heavy atom. The van der Waals surface area contributed by atoms with Gasteiger partial charge in [0.15, 0.2) is 10.4 Å². The third-order valence-electron chi connectivity index (χ3n) is 5.67. The molecule has 6 heteroatoms. The van der Waals surface area contributed by atoms with Gasteiger partial charge in [-0.25, -0.2) is 0 Å². The molecule has 0 aliphatic carbocycles. The molecule has 0 bridgehead atoms. The number of rotatable bonds is 5. The lowest BCUT2D eigenvalue weighted by atomic mass is 9.96. The molecule has 1 unspecified atom stereocenters. The zero-order chi connectivity index (χ0) is 18.8.